The van der Waals surface area contributed by atoms with Crippen LogP contribution in [0.25, 0.3) is 0 Å². The van der Waals surface area contributed by atoms with Crippen molar-refractivity contribution in [2.45, 2.75) is 26.3 Å². The molecule has 124 valence electrons. The number of amides is 3. The highest BCUT2D eigenvalue weighted by Crippen LogP contribution is 2.19. The minimum absolute atomic E-state index is 0.0354. The van der Waals surface area contributed by atoms with Gasteiger partial charge in [0.15, 0.2) is 0 Å². The normalized spacial score (nSPS) is 17.2. The fourth-order valence-corrected chi connectivity index (χ4v) is 2.45. The number of nitrogens with zero attached hydrogens (tertiary/aromatic N) is 1. The highest BCUT2D eigenvalue weighted by molar-refractivity contribution is 5.96. The Kier molecular flexibility index (Phi) is 5.20. The molecule has 1 aromatic rings. The number of aliphatic carboxylic acids is 1. The number of likely N-dealkylation sites (tertiary alicyclic amines) is 1. The maximum Gasteiger partial charge on any atom is 0.319 e. The van der Waals surface area contributed by atoms with E-state index in [1.165, 1.54) is 0 Å². The summed E-state index contributed by atoms with van der Waals surface area (Å²) >= 11 is 0. The fraction of sp³-hybridized carbons (Fsp3) is 0.438. The lowest BCUT2D eigenvalue weighted by Crippen LogP contribution is -2.34. The summed E-state index contributed by atoms with van der Waals surface area (Å²) < 4.78 is 0. The largest absolute Gasteiger partial charge is 0.481 e. The summed E-state index contributed by atoms with van der Waals surface area (Å²) in [5.41, 5.74) is 1.07. The lowest BCUT2D eigenvalue weighted by atomic mass is 10.1. The van der Waals surface area contributed by atoms with Gasteiger partial charge in [0, 0.05) is 30.4 Å². The number of carbonyl (C=O) groups excluding carboxylic acids is 2. The molecule has 1 saturated heterocycles. The van der Waals surface area contributed by atoms with Crippen molar-refractivity contribution in [3.8, 4) is 0 Å². The van der Waals surface area contributed by atoms with Gasteiger partial charge in [0.25, 0.3) is 5.91 Å². The van der Waals surface area contributed by atoms with Crippen molar-refractivity contribution in [1.82, 2.24) is 10.2 Å². The number of rotatable bonds is 4. The number of anilines is 1. The first-order valence-electron chi connectivity index (χ1n) is 7.56. The van der Waals surface area contributed by atoms with Crippen LogP contribution in [0.2, 0.25) is 0 Å². The Labute approximate surface area is 134 Å². The van der Waals surface area contributed by atoms with E-state index in [2.05, 4.69) is 10.6 Å². The predicted molar refractivity (Wildman–Crippen MR) is 85.4 cm³/mol. The first-order chi connectivity index (χ1) is 10.9. The Bertz CT molecular complexity index is 598. The second-order valence-corrected chi connectivity index (χ2v) is 5.91. The maximum atomic E-state index is 12.3. The Hall–Kier alpha value is -2.57. The maximum absolute atomic E-state index is 12.3. The van der Waals surface area contributed by atoms with Gasteiger partial charge in [0.2, 0.25) is 0 Å². The summed E-state index contributed by atoms with van der Waals surface area (Å²) in [6.45, 7) is 4.42. The molecule has 0 bridgehead atoms. The van der Waals surface area contributed by atoms with Crippen LogP contribution in [0, 0.1) is 5.92 Å². The monoisotopic (exact) mass is 319 g/mol. The molecule has 1 atom stereocenters. The zero-order valence-corrected chi connectivity index (χ0v) is 13.2. The van der Waals surface area contributed by atoms with Crippen molar-refractivity contribution in [2.75, 3.05) is 18.4 Å². The lowest BCUT2D eigenvalue weighted by molar-refractivity contribution is -0.141. The van der Waals surface area contributed by atoms with Gasteiger partial charge in [-0.2, -0.15) is 0 Å². The summed E-state index contributed by atoms with van der Waals surface area (Å²) in [6.07, 6.45) is 0.482. The van der Waals surface area contributed by atoms with Gasteiger partial charge in [-0.1, -0.05) is 0 Å². The van der Waals surface area contributed by atoms with E-state index in [1.54, 1.807) is 29.2 Å². The van der Waals surface area contributed by atoms with E-state index in [0.29, 0.717) is 24.2 Å². The zero-order chi connectivity index (χ0) is 17.0. The van der Waals surface area contributed by atoms with E-state index >= 15 is 0 Å². The molecule has 2 rings (SSSR count). The number of hydrogen-bond acceptors (Lipinski definition) is 3. The molecule has 1 fully saturated rings. The van der Waals surface area contributed by atoms with Crippen molar-refractivity contribution in [3.05, 3.63) is 29.8 Å². The third kappa shape index (κ3) is 4.45. The minimum Gasteiger partial charge on any atom is -0.481 e. The number of carboxylic acids is 1. The SMILES string of the molecule is CC(C)NC(=O)Nc1ccc(C(=O)N2CCC(C(=O)O)C2)cc1. The molecule has 0 aromatic heterocycles. The number of carboxylic acid groups (broad SMARTS) is 1. The van der Waals surface area contributed by atoms with Crippen molar-refractivity contribution >= 4 is 23.6 Å². The van der Waals surface area contributed by atoms with Crippen LogP contribution in [0.4, 0.5) is 10.5 Å². The molecule has 23 heavy (non-hydrogen) atoms. The van der Waals surface area contributed by atoms with Gasteiger partial charge in [-0.15, -0.1) is 0 Å². The number of carbonyl (C=O) groups is 3. The molecule has 7 heteroatoms. The van der Waals surface area contributed by atoms with Crippen molar-refractivity contribution < 1.29 is 19.5 Å². The first kappa shape index (κ1) is 16.8. The fourth-order valence-electron chi connectivity index (χ4n) is 2.45. The quantitative estimate of drug-likeness (QED) is 0.787. The Balaban J connectivity index is 1.95. The van der Waals surface area contributed by atoms with Crippen LogP contribution < -0.4 is 10.6 Å². The predicted octanol–water partition coefficient (Wildman–Crippen LogP) is 1.76. The Morgan fingerprint density at radius 3 is 2.39 bits per heavy atom. The third-order valence-electron chi connectivity index (χ3n) is 3.63. The standard InChI is InChI=1S/C16H21N3O4/c1-10(2)17-16(23)18-13-5-3-11(4-6-13)14(20)19-8-7-12(9-19)15(21)22/h3-6,10,12H,7-9H2,1-2H3,(H,21,22)(H2,17,18,23). The topological polar surface area (TPSA) is 98.7 Å². The summed E-state index contributed by atoms with van der Waals surface area (Å²) in [4.78, 5) is 36.4. The summed E-state index contributed by atoms with van der Waals surface area (Å²) in [6, 6.07) is 6.29. The summed E-state index contributed by atoms with van der Waals surface area (Å²) in [7, 11) is 0. The minimum atomic E-state index is -0.865. The van der Waals surface area contributed by atoms with Crippen molar-refractivity contribution in [3.63, 3.8) is 0 Å². The van der Waals surface area contributed by atoms with Crippen LogP contribution >= 0.6 is 0 Å². The number of benzene rings is 1. The molecule has 1 aliphatic heterocycles. The number of urea groups is 1. The molecule has 7 nitrogen and oxygen atoms in total. The molecule has 0 spiro atoms. The molecule has 3 amide bonds. The second-order valence-electron chi connectivity index (χ2n) is 5.91. The van der Waals surface area contributed by atoms with Gasteiger partial charge in [-0.05, 0) is 44.5 Å². The van der Waals surface area contributed by atoms with Crippen molar-refractivity contribution in [2.24, 2.45) is 5.92 Å². The van der Waals surface area contributed by atoms with Gasteiger partial charge >= 0.3 is 12.0 Å². The van der Waals surface area contributed by atoms with Crippen LogP contribution in [-0.2, 0) is 4.79 Å². The molecule has 0 radical (unpaired) electrons. The van der Waals surface area contributed by atoms with Crippen molar-refractivity contribution in [1.29, 1.82) is 0 Å². The first-order valence-corrected chi connectivity index (χ1v) is 7.56. The molecule has 1 heterocycles. The van der Waals surface area contributed by atoms with Crippen LogP contribution in [0.5, 0.6) is 0 Å². The molecule has 1 unspecified atom stereocenters. The van der Waals surface area contributed by atoms with Crippen LogP contribution in [0.15, 0.2) is 24.3 Å². The van der Waals surface area contributed by atoms with Gasteiger partial charge in [0.1, 0.15) is 0 Å². The van der Waals surface area contributed by atoms with E-state index in [4.69, 9.17) is 5.11 Å². The lowest BCUT2D eigenvalue weighted by Gasteiger charge is -2.16. The molecule has 1 aromatic carbocycles. The highest BCUT2D eigenvalue weighted by Gasteiger charge is 2.31. The average Bonchev–Trinajstić information content (AvgIpc) is 2.96. The van der Waals surface area contributed by atoms with E-state index < -0.39 is 11.9 Å². The van der Waals surface area contributed by atoms with E-state index in [9.17, 15) is 14.4 Å². The zero-order valence-electron chi connectivity index (χ0n) is 13.2. The highest BCUT2D eigenvalue weighted by atomic mass is 16.4. The van der Waals surface area contributed by atoms with Gasteiger partial charge in [-0.3, -0.25) is 9.59 Å². The molecular weight excluding hydrogens is 298 g/mol. The average molecular weight is 319 g/mol. The smallest absolute Gasteiger partial charge is 0.319 e. The molecule has 3 N–H and O–H groups in total. The van der Waals surface area contributed by atoms with Crippen LogP contribution in [0.3, 0.4) is 0 Å². The van der Waals surface area contributed by atoms with E-state index in [1.807, 2.05) is 13.8 Å². The van der Waals surface area contributed by atoms with E-state index in [0.717, 1.165) is 0 Å². The Morgan fingerprint density at radius 2 is 1.87 bits per heavy atom. The van der Waals surface area contributed by atoms with Crippen LogP contribution in [-0.4, -0.2) is 47.0 Å². The molecule has 0 aliphatic carbocycles. The van der Waals surface area contributed by atoms with Gasteiger partial charge in [-0.25, -0.2) is 4.79 Å². The van der Waals surface area contributed by atoms with E-state index in [-0.39, 0.29) is 24.5 Å². The number of hydrogen-bond donors (Lipinski definition) is 3. The summed E-state index contributed by atoms with van der Waals surface area (Å²) in [5.74, 6) is -1.54. The van der Waals surface area contributed by atoms with Gasteiger partial charge < -0.3 is 20.6 Å². The molecule has 0 saturated carbocycles. The number of nitrogens with one attached hydrogen (secondary N) is 2. The van der Waals surface area contributed by atoms with Gasteiger partial charge in [0.05, 0.1) is 5.92 Å². The molecular formula is C16H21N3O4. The third-order valence-corrected chi connectivity index (χ3v) is 3.63. The second kappa shape index (κ2) is 7.13. The summed E-state index contributed by atoms with van der Waals surface area (Å²) in [5, 5.41) is 14.4. The van der Waals surface area contributed by atoms with Crippen LogP contribution in [0.1, 0.15) is 30.6 Å². The Morgan fingerprint density at radius 1 is 1.22 bits per heavy atom. The molecule has 1 aliphatic rings.